The van der Waals surface area contributed by atoms with Crippen molar-refractivity contribution in [1.82, 2.24) is 5.43 Å². The Balaban J connectivity index is 2.65. The van der Waals surface area contributed by atoms with Gasteiger partial charge in [-0.05, 0) is 18.6 Å². The molecule has 1 N–H and O–H groups in total. The summed E-state index contributed by atoms with van der Waals surface area (Å²) >= 11 is 8.06. The predicted molar refractivity (Wildman–Crippen MR) is 66.8 cm³/mol. The Kier molecular flexibility index (Phi) is 4.60. The van der Waals surface area contributed by atoms with Gasteiger partial charge < -0.3 is 0 Å². The molecule has 5 heteroatoms. The van der Waals surface area contributed by atoms with Crippen LogP contribution in [0.25, 0.3) is 0 Å². The van der Waals surface area contributed by atoms with Gasteiger partial charge in [0.15, 0.2) is 5.78 Å². The van der Waals surface area contributed by atoms with Gasteiger partial charge in [0.25, 0.3) is 0 Å². The zero-order valence-electron chi connectivity index (χ0n) is 7.63. The number of hydrogen-bond acceptors (Lipinski definition) is 3. The van der Waals surface area contributed by atoms with Crippen molar-refractivity contribution in [3.05, 3.63) is 23.3 Å². The van der Waals surface area contributed by atoms with E-state index in [0.29, 0.717) is 10.7 Å². The zero-order valence-corrected chi connectivity index (χ0v) is 10.5. The molecule has 1 unspecified atom stereocenters. The molecule has 0 aromatic carbocycles. The van der Waals surface area contributed by atoms with Crippen LogP contribution in [0, 0.1) is 0 Å². The molecule has 0 bridgehead atoms. The summed E-state index contributed by atoms with van der Waals surface area (Å²) in [6.45, 7) is 2.06. The van der Waals surface area contributed by atoms with E-state index in [-0.39, 0.29) is 9.83 Å². The molecule has 1 rings (SSSR count). The van der Waals surface area contributed by atoms with Crippen LogP contribution in [0.15, 0.2) is 28.4 Å². The van der Waals surface area contributed by atoms with Gasteiger partial charge in [0.05, 0.1) is 9.08 Å². The van der Waals surface area contributed by atoms with E-state index in [4.69, 9.17) is 11.6 Å². The average Bonchev–Trinajstić information content (AvgIpc) is 2.16. The van der Waals surface area contributed by atoms with E-state index in [0.717, 1.165) is 6.42 Å². The molecular formula is C9H10ClIN2O. The molecule has 1 aliphatic rings. The summed E-state index contributed by atoms with van der Waals surface area (Å²) in [6, 6.07) is 0. The highest BCUT2D eigenvalue weighted by Crippen LogP contribution is 2.11. The van der Waals surface area contributed by atoms with Crippen LogP contribution >= 0.6 is 34.2 Å². The Morgan fingerprint density at radius 2 is 2.36 bits per heavy atom. The van der Waals surface area contributed by atoms with Gasteiger partial charge >= 0.3 is 0 Å². The maximum absolute atomic E-state index is 10.9. The topological polar surface area (TPSA) is 41.5 Å². The molecule has 0 saturated carbocycles. The fourth-order valence-corrected chi connectivity index (χ4v) is 1.16. The summed E-state index contributed by atoms with van der Waals surface area (Å²) in [5.74, 6) is -0.101. The first-order chi connectivity index (χ1) is 6.63. The molecule has 3 nitrogen and oxygen atoms in total. The summed E-state index contributed by atoms with van der Waals surface area (Å²) in [7, 11) is 0. The largest absolute Gasteiger partial charge is 0.297 e. The van der Waals surface area contributed by atoms with Crippen molar-refractivity contribution in [1.29, 1.82) is 0 Å². The normalized spacial score (nSPS) is 20.9. The quantitative estimate of drug-likeness (QED) is 0.285. The number of ketones is 1. The summed E-state index contributed by atoms with van der Waals surface area (Å²) in [5.41, 5.74) is 3.53. The second kappa shape index (κ2) is 5.50. The van der Waals surface area contributed by atoms with Crippen molar-refractivity contribution in [2.24, 2.45) is 5.10 Å². The van der Waals surface area contributed by atoms with Crippen LogP contribution < -0.4 is 5.43 Å². The predicted octanol–water partition coefficient (Wildman–Crippen LogP) is 2.36. The lowest BCUT2D eigenvalue weighted by Crippen LogP contribution is -2.18. The molecule has 0 aromatic heterocycles. The minimum absolute atomic E-state index is 0.101. The zero-order chi connectivity index (χ0) is 10.6. The maximum atomic E-state index is 10.9. The van der Waals surface area contributed by atoms with E-state index in [1.54, 1.807) is 6.08 Å². The number of rotatable bonds is 3. The highest BCUT2D eigenvalue weighted by Gasteiger charge is 2.09. The Hall–Kier alpha value is -0.360. The van der Waals surface area contributed by atoms with E-state index in [9.17, 15) is 4.79 Å². The third-order valence-electron chi connectivity index (χ3n) is 1.60. The molecule has 0 spiro atoms. The van der Waals surface area contributed by atoms with Gasteiger partial charge in [0.1, 0.15) is 5.71 Å². The van der Waals surface area contributed by atoms with Gasteiger partial charge in [-0.25, -0.2) is 0 Å². The lowest BCUT2D eigenvalue weighted by atomic mass is 10.2. The molecule has 76 valence electrons. The van der Waals surface area contributed by atoms with Crippen LogP contribution in [-0.4, -0.2) is 15.5 Å². The monoisotopic (exact) mass is 324 g/mol. The molecular weight excluding hydrogens is 314 g/mol. The van der Waals surface area contributed by atoms with E-state index >= 15 is 0 Å². The second-order valence-corrected chi connectivity index (χ2v) is 4.64. The third kappa shape index (κ3) is 3.42. The van der Waals surface area contributed by atoms with Crippen molar-refractivity contribution >= 4 is 45.7 Å². The molecule has 14 heavy (non-hydrogen) atoms. The molecule has 0 radical (unpaired) electrons. The molecule has 0 saturated heterocycles. The third-order valence-corrected chi connectivity index (χ3v) is 3.06. The van der Waals surface area contributed by atoms with Gasteiger partial charge in [-0.3, -0.25) is 10.2 Å². The van der Waals surface area contributed by atoms with E-state index in [1.807, 2.05) is 0 Å². The number of hydrazone groups is 1. The standard InChI is InChI=1S/C9H10ClIN2O/c1-2-9(11)13-12-8-4-3-6(14)5-7(8)10/h3-5,9,13H,2H2,1H3/b12-8+. The van der Waals surface area contributed by atoms with Gasteiger partial charge in [-0.1, -0.05) is 41.1 Å². The van der Waals surface area contributed by atoms with Crippen molar-refractivity contribution in [2.45, 2.75) is 17.4 Å². The summed E-state index contributed by atoms with van der Waals surface area (Å²) in [4.78, 5) is 10.9. The fourth-order valence-electron chi connectivity index (χ4n) is 0.809. The van der Waals surface area contributed by atoms with Gasteiger partial charge in [0, 0.05) is 6.08 Å². The van der Waals surface area contributed by atoms with E-state index in [2.05, 4.69) is 40.0 Å². The minimum atomic E-state index is -0.101. The van der Waals surface area contributed by atoms with Crippen molar-refractivity contribution < 1.29 is 4.79 Å². The molecule has 1 atom stereocenters. The van der Waals surface area contributed by atoms with Gasteiger partial charge in [-0.2, -0.15) is 5.10 Å². The van der Waals surface area contributed by atoms with Crippen molar-refractivity contribution in [3.63, 3.8) is 0 Å². The smallest absolute Gasteiger partial charge is 0.180 e. The number of carbonyl (C=O) groups is 1. The Labute approximate surface area is 101 Å². The Morgan fingerprint density at radius 3 is 2.93 bits per heavy atom. The lowest BCUT2D eigenvalue weighted by Gasteiger charge is -2.08. The number of carbonyl (C=O) groups excluding carboxylic acids is 1. The summed E-state index contributed by atoms with van der Waals surface area (Å²) < 4.78 is 0.274. The fraction of sp³-hybridized carbons (Fsp3) is 0.333. The highest BCUT2D eigenvalue weighted by molar-refractivity contribution is 14.1. The van der Waals surface area contributed by atoms with E-state index < -0.39 is 0 Å². The molecule has 1 aliphatic carbocycles. The number of halogens is 2. The van der Waals surface area contributed by atoms with Crippen LogP contribution in [0.3, 0.4) is 0 Å². The SMILES string of the molecule is CCC(I)N/N=C1\C=CC(=O)C=C1Cl. The Morgan fingerprint density at radius 1 is 1.64 bits per heavy atom. The van der Waals surface area contributed by atoms with E-state index in [1.165, 1.54) is 12.2 Å². The summed E-state index contributed by atoms with van der Waals surface area (Å²) in [5, 5.41) is 4.47. The van der Waals surface area contributed by atoms with Crippen LogP contribution in [0.5, 0.6) is 0 Å². The first kappa shape index (κ1) is 11.7. The van der Waals surface area contributed by atoms with Gasteiger partial charge in [-0.15, -0.1) is 0 Å². The van der Waals surface area contributed by atoms with Crippen LogP contribution in [0.1, 0.15) is 13.3 Å². The molecule has 0 fully saturated rings. The van der Waals surface area contributed by atoms with Crippen LogP contribution in [0.2, 0.25) is 0 Å². The summed E-state index contributed by atoms with van der Waals surface area (Å²) in [6.07, 6.45) is 5.38. The maximum Gasteiger partial charge on any atom is 0.180 e. The molecule has 0 heterocycles. The number of allylic oxidation sites excluding steroid dienone is 4. The minimum Gasteiger partial charge on any atom is -0.297 e. The number of alkyl halides is 1. The highest BCUT2D eigenvalue weighted by atomic mass is 127. The number of nitrogens with zero attached hydrogens (tertiary/aromatic N) is 1. The number of hydrogen-bond donors (Lipinski definition) is 1. The first-order valence-corrected chi connectivity index (χ1v) is 5.82. The van der Waals surface area contributed by atoms with Crippen LogP contribution in [0.4, 0.5) is 0 Å². The second-order valence-electron chi connectivity index (χ2n) is 2.73. The first-order valence-electron chi connectivity index (χ1n) is 4.20. The number of nitrogens with one attached hydrogen (secondary N) is 1. The van der Waals surface area contributed by atoms with Crippen molar-refractivity contribution in [2.75, 3.05) is 0 Å². The molecule has 0 aliphatic heterocycles. The lowest BCUT2D eigenvalue weighted by molar-refractivity contribution is -0.110. The Bertz CT molecular complexity index is 323. The molecule has 0 amide bonds. The van der Waals surface area contributed by atoms with Gasteiger partial charge in [0.2, 0.25) is 0 Å². The average molecular weight is 325 g/mol. The van der Waals surface area contributed by atoms with Crippen molar-refractivity contribution in [3.8, 4) is 0 Å². The van der Waals surface area contributed by atoms with Crippen LogP contribution in [-0.2, 0) is 4.79 Å². The molecule has 0 aromatic rings.